The number of allylic oxidation sites excluding steroid dienone is 1. The van der Waals surface area contributed by atoms with Crippen molar-refractivity contribution in [3.63, 3.8) is 0 Å². The lowest BCUT2D eigenvalue weighted by Crippen LogP contribution is -2.62. The number of pyridine rings is 1. The lowest BCUT2D eigenvalue weighted by Gasteiger charge is -2.60. The number of esters is 1. The fourth-order valence-corrected chi connectivity index (χ4v) is 9.63. The minimum Gasteiger partial charge on any atom is -0.448 e. The molecule has 0 amide bonds. The van der Waals surface area contributed by atoms with Crippen molar-refractivity contribution in [3.05, 3.63) is 47.3 Å². The Bertz CT molecular complexity index is 1400. The largest absolute Gasteiger partial charge is 0.448 e. The maximum Gasteiger partial charge on any atom is 0.333 e. The van der Waals surface area contributed by atoms with Crippen LogP contribution in [0, 0.1) is 34.5 Å². The average Bonchev–Trinajstić information content (AvgIpc) is 3.45. The fourth-order valence-electron chi connectivity index (χ4n) is 8.92. The molecule has 7 atom stereocenters. The fraction of sp³-hybridized carbons (Fsp3) is 0.600. The Balaban J connectivity index is 1.34. The van der Waals surface area contributed by atoms with E-state index in [9.17, 15) is 23.5 Å². The van der Waals surface area contributed by atoms with Crippen molar-refractivity contribution < 1.29 is 33.0 Å². The summed E-state index contributed by atoms with van der Waals surface area (Å²) in [4.78, 5) is 29.9. The van der Waals surface area contributed by atoms with E-state index < -0.39 is 40.2 Å². The van der Waals surface area contributed by atoms with Crippen molar-refractivity contribution in [3.8, 4) is 5.69 Å². The van der Waals surface area contributed by atoms with E-state index in [0.717, 1.165) is 24.1 Å². The van der Waals surface area contributed by atoms with Crippen molar-refractivity contribution in [1.82, 2.24) is 14.8 Å². The molecule has 11 heteroatoms. The number of aromatic nitrogens is 3. The highest BCUT2D eigenvalue weighted by Crippen LogP contribution is 2.68. The summed E-state index contributed by atoms with van der Waals surface area (Å²) in [6.45, 7) is 3.85. The smallest absolute Gasteiger partial charge is 0.333 e. The summed E-state index contributed by atoms with van der Waals surface area (Å²) < 4.78 is 39.5. The summed E-state index contributed by atoms with van der Waals surface area (Å²) >= 11 is 0.534. The molecule has 1 N–H and O–H groups in total. The van der Waals surface area contributed by atoms with E-state index in [0.29, 0.717) is 36.7 Å². The van der Waals surface area contributed by atoms with Gasteiger partial charge >= 0.3 is 5.97 Å². The van der Waals surface area contributed by atoms with Gasteiger partial charge in [0.25, 0.3) is 0 Å². The number of fused-ring (bicyclic) bond motifs is 6. The maximum atomic E-state index is 13.5. The molecule has 4 aliphatic rings. The van der Waals surface area contributed by atoms with Gasteiger partial charge in [0.2, 0.25) is 11.1 Å². The first-order chi connectivity index (χ1) is 19.6. The lowest BCUT2D eigenvalue weighted by atomic mass is 9.45. The van der Waals surface area contributed by atoms with Gasteiger partial charge in [0.15, 0.2) is 5.60 Å². The molecule has 4 aliphatic carbocycles. The second kappa shape index (κ2) is 10.3. The molecular weight excluding hydrogens is 552 g/mol. The summed E-state index contributed by atoms with van der Waals surface area (Å²) in [5, 5.41) is 16.0. The molecular formula is C30H35F2N3O5S. The number of hydrogen-bond donors (Lipinski definition) is 1. The highest BCUT2D eigenvalue weighted by Gasteiger charge is 2.70. The highest BCUT2D eigenvalue weighted by atomic mass is 32.2. The molecule has 0 aromatic carbocycles. The van der Waals surface area contributed by atoms with E-state index in [4.69, 9.17) is 9.47 Å². The normalized spacial score (nSPS) is 35.5. The van der Waals surface area contributed by atoms with Gasteiger partial charge in [0, 0.05) is 12.5 Å². The van der Waals surface area contributed by atoms with E-state index in [-0.39, 0.29) is 36.2 Å². The molecule has 3 saturated carbocycles. The van der Waals surface area contributed by atoms with Crippen LogP contribution in [0.2, 0.25) is 0 Å². The van der Waals surface area contributed by atoms with Crippen LogP contribution >= 0.6 is 11.8 Å². The van der Waals surface area contributed by atoms with Gasteiger partial charge < -0.3 is 14.6 Å². The number of aliphatic hydroxyl groups excluding tert-OH is 1. The van der Waals surface area contributed by atoms with Gasteiger partial charge in [-0.3, -0.25) is 4.79 Å². The van der Waals surface area contributed by atoms with Crippen LogP contribution in [0.5, 0.6) is 0 Å². The van der Waals surface area contributed by atoms with Gasteiger partial charge in [-0.25, -0.2) is 18.9 Å². The molecule has 0 bridgehead atoms. The number of ether oxygens (including phenoxy) is 2. The molecule has 2 aromatic rings. The Morgan fingerprint density at radius 3 is 2.76 bits per heavy atom. The summed E-state index contributed by atoms with van der Waals surface area (Å²) in [5.74, 6) is -1.17. The quantitative estimate of drug-likeness (QED) is 0.384. The topological polar surface area (TPSA) is 104 Å². The van der Waals surface area contributed by atoms with E-state index in [1.807, 2.05) is 13.1 Å². The van der Waals surface area contributed by atoms with Gasteiger partial charge in [-0.2, -0.15) is 9.49 Å². The minimum absolute atomic E-state index is 0.0168. The zero-order chi connectivity index (χ0) is 29.2. The molecule has 0 aliphatic heterocycles. The highest BCUT2D eigenvalue weighted by molar-refractivity contribution is 8.13. The number of hydrogen-bond acceptors (Lipinski definition) is 8. The molecule has 0 spiro atoms. The van der Waals surface area contributed by atoms with E-state index in [1.165, 1.54) is 24.9 Å². The predicted molar refractivity (Wildman–Crippen MR) is 148 cm³/mol. The van der Waals surface area contributed by atoms with Gasteiger partial charge in [0.05, 0.1) is 29.9 Å². The summed E-state index contributed by atoms with van der Waals surface area (Å²) in [5.41, 5.74) is 1.22. The van der Waals surface area contributed by atoms with E-state index >= 15 is 0 Å². The first-order valence-electron chi connectivity index (χ1n) is 14.1. The van der Waals surface area contributed by atoms with E-state index in [2.05, 4.69) is 23.1 Å². The molecule has 220 valence electrons. The Kier molecular flexibility index (Phi) is 7.14. The minimum atomic E-state index is -1.52. The number of halogens is 2. The number of thioether (sulfide) groups is 1. The second-order valence-corrected chi connectivity index (χ2v) is 13.3. The van der Waals surface area contributed by atoms with Crippen LogP contribution in [-0.4, -0.2) is 62.4 Å². The van der Waals surface area contributed by atoms with Gasteiger partial charge in [-0.15, -0.1) is 0 Å². The van der Waals surface area contributed by atoms with Crippen LogP contribution in [0.25, 0.3) is 11.8 Å². The van der Waals surface area contributed by atoms with Crippen molar-refractivity contribution in [2.75, 3.05) is 19.7 Å². The van der Waals surface area contributed by atoms with Crippen LogP contribution in [0.1, 0.15) is 57.2 Å². The van der Waals surface area contributed by atoms with Crippen molar-refractivity contribution in [2.24, 2.45) is 28.6 Å². The number of rotatable bonds is 6. The van der Waals surface area contributed by atoms with Crippen LogP contribution in [0.15, 0.2) is 30.1 Å². The molecule has 8 nitrogen and oxygen atoms in total. The Labute approximate surface area is 241 Å². The van der Waals surface area contributed by atoms with Crippen molar-refractivity contribution in [1.29, 1.82) is 0 Å². The zero-order valence-electron chi connectivity index (χ0n) is 23.4. The number of alkyl halides is 1. The molecule has 6 rings (SSSR count). The third-order valence-corrected chi connectivity index (χ3v) is 11.3. The molecule has 3 fully saturated rings. The summed E-state index contributed by atoms with van der Waals surface area (Å²) in [7, 11) is 1.38. The van der Waals surface area contributed by atoms with Crippen LogP contribution in [-0.2, 0) is 25.5 Å². The average molecular weight is 588 g/mol. The Hall–Kier alpha value is -2.63. The maximum absolute atomic E-state index is 13.5. The number of carbonyl (C=O) groups is 2. The zero-order valence-corrected chi connectivity index (χ0v) is 24.3. The molecule has 2 heterocycles. The summed E-state index contributed by atoms with van der Waals surface area (Å²) in [6.07, 6.45) is 8.25. The van der Waals surface area contributed by atoms with Crippen molar-refractivity contribution in [2.45, 2.75) is 64.1 Å². The number of nitrogens with zero attached hydrogens (tertiary/aromatic N) is 3. The van der Waals surface area contributed by atoms with Gasteiger partial charge in [-0.1, -0.05) is 19.4 Å². The molecule has 0 radical (unpaired) electrons. The third-order valence-electron chi connectivity index (χ3n) is 10.6. The number of carbonyl (C=O) groups excluding carboxylic acids is 2. The second-order valence-electron chi connectivity index (χ2n) is 12.4. The van der Waals surface area contributed by atoms with Crippen LogP contribution < -0.4 is 0 Å². The Morgan fingerprint density at radius 2 is 2.05 bits per heavy atom. The van der Waals surface area contributed by atoms with Crippen molar-refractivity contribution >= 4 is 28.9 Å². The molecule has 2 aromatic heterocycles. The van der Waals surface area contributed by atoms with Gasteiger partial charge in [0.1, 0.15) is 12.6 Å². The first kappa shape index (κ1) is 28.5. The van der Waals surface area contributed by atoms with Crippen LogP contribution in [0.4, 0.5) is 8.78 Å². The standard InChI is InChI=1S/C30H35F2N3O5S/c1-28-11-17-13-34-35(19-5-7-24(32)33-14-19)22(17)10-18(28)4-6-20-21-8-9-30(27(38)41-16-31,40-25(37)15-39-3)29(21,2)12-23(36)26(20)28/h5,7,10,13-14,20-21,23,26,36H,4,6,8-9,11-12,15-16H2,1-3H3/t20-,21-,23-,26+,28-,29-,30-/m0/s1. The third kappa shape index (κ3) is 4.21. The van der Waals surface area contributed by atoms with E-state index in [1.54, 1.807) is 10.7 Å². The molecule has 0 unspecified atom stereocenters. The Morgan fingerprint density at radius 1 is 1.24 bits per heavy atom. The number of aliphatic hydroxyl groups is 1. The molecule has 41 heavy (non-hydrogen) atoms. The molecule has 0 saturated heterocycles. The van der Waals surface area contributed by atoms with Crippen LogP contribution in [0.3, 0.4) is 0 Å². The summed E-state index contributed by atoms with van der Waals surface area (Å²) in [6, 6.07) is 2.06. The monoisotopic (exact) mass is 587 g/mol. The number of methoxy groups -OCH3 is 1. The predicted octanol–water partition coefficient (Wildman–Crippen LogP) is 4.67. The first-order valence-corrected chi connectivity index (χ1v) is 15.1. The lowest BCUT2D eigenvalue weighted by molar-refractivity contribution is -0.198. The van der Waals surface area contributed by atoms with Gasteiger partial charge in [-0.05, 0) is 97.2 Å². The SMILES string of the molecule is COCC(=O)O[C@]1(C(=O)SCF)CC[C@H]2[C@@H]3CCC4=Cc5c(cnn5-c5ccc(F)nc5)C[C@]4(C)[C@H]3[C@@H](O)C[C@@]21C.